The fourth-order valence-electron chi connectivity index (χ4n) is 2.23. The van der Waals surface area contributed by atoms with Crippen LogP contribution in [0.4, 0.5) is 10.1 Å². The van der Waals surface area contributed by atoms with Gasteiger partial charge in [-0.1, -0.05) is 11.6 Å². The summed E-state index contributed by atoms with van der Waals surface area (Å²) in [4.78, 5) is 14.1. The van der Waals surface area contributed by atoms with Crippen molar-refractivity contribution in [2.24, 2.45) is 0 Å². The molecule has 1 aromatic rings. The smallest absolute Gasteiger partial charge is 0.256 e. The molecule has 1 aromatic carbocycles. The van der Waals surface area contributed by atoms with Gasteiger partial charge in [0.25, 0.3) is 5.91 Å². The number of amides is 1. The predicted octanol–water partition coefficient (Wildman–Crippen LogP) is 2.43. The van der Waals surface area contributed by atoms with Crippen molar-refractivity contribution in [2.75, 3.05) is 24.6 Å². The Morgan fingerprint density at radius 2 is 2.10 bits per heavy atom. The molecule has 0 aliphatic carbocycles. The highest BCUT2D eigenvalue weighted by molar-refractivity contribution is 7.86. The third-order valence-electron chi connectivity index (χ3n) is 3.76. The van der Waals surface area contributed by atoms with Crippen LogP contribution in [0.5, 0.6) is 0 Å². The van der Waals surface area contributed by atoms with Crippen molar-refractivity contribution in [1.82, 2.24) is 4.90 Å². The zero-order valence-corrected chi connectivity index (χ0v) is 13.6. The van der Waals surface area contributed by atoms with Crippen LogP contribution in [0, 0.1) is 5.82 Å². The van der Waals surface area contributed by atoms with Gasteiger partial charge in [0.1, 0.15) is 5.82 Å². The fraction of sp³-hybridized carbons (Fsp3) is 0.500. The first kappa shape index (κ1) is 16.2. The molecular formula is C14H18ClFN2O2S. The summed E-state index contributed by atoms with van der Waals surface area (Å²) in [6.45, 7) is 4.67. The second-order valence-corrected chi connectivity index (χ2v) is 8.34. The summed E-state index contributed by atoms with van der Waals surface area (Å²) >= 11 is 5.79. The number of nitrogen functional groups attached to an aromatic ring is 1. The monoisotopic (exact) mass is 332 g/mol. The van der Waals surface area contributed by atoms with Gasteiger partial charge in [0.05, 0.1) is 11.3 Å². The van der Waals surface area contributed by atoms with E-state index in [9.17, 15) is 13.4 Å². The number of hydrogen-bond donors (Lipinski definition) is 1. The molecule has 116 valence electrons. The molecule has 21 heavy (non-hydrogen) atoms. The summed E-state index contributed by atoms with van der Waals surface area (Å²) in [6, 6.07) is 2.45. The first-order chi connectivity index (χ1) is 9.72. The van der Waals surface area contributed by atoms with E-state index in [-0.39, 0.29) is 26.9 Å². The minimum Gasteiger partial charge on any atom is -0.396 e. The van der Waals surface area contributed by atoms with Gasteiger partial charge in [0.15, 0.2) is 0 Å². The molecule has 1 atom stereocenters. The van der Waals surface area contributed by atoms with Gasteiger partial charge in [-0.25, -0.2) is 4.39 Å². The Morgan fingerprint density at radius 3 is 2.76 bits per heavy atom. The van der Waals surface area contributed by atoms with Gasteiger partial charge in [-0.2, -0.15) is 0 Å². The van der Waals surface area contributed by atoms with Crippen LogP contribution in [0.15, 0.2) is 12.1 Å². The molecule has 0 radical (unpaired) electrons. The van der Waals surface area contributed by atoms with Crippen LogP contribution in [0.2, 0.25) is 5.02 Å². The lowest BCUT2D eigenvalue weighted by atomic mass is 10.1. The third-order valence-corrected chi connectivity index (χ3v) is 5.97. The number of hydrogen-bond acceptors (Lipinski definition) is 3. The van der Waals surface area contributed by atoms with Crippen molar-refractivity contribution in [3.8, 4) is 0 Å². The topological polar surface area (TPSA) is 63.4 Å². The number of halogens is 2. The van der Waals surface area contributed by atoms with Crippen molar-refractivity contribution in [1.29, 1.82) is 0 Å². The summed E-state index contributed by atoms with van der Waals surface area (Å²) in [6.07, 6.45) is 0.619. The van der Waals surface area contributed by atoms with Gasteiger partial charge in [0.2, 0.25) is 0 Å². The number of benzene rings is 1. The maximum atomic E-state index is 13.6. The highest BCUT2D eigenvalue weighted by atomic mass is 35.5. The van der Waals surface area contributed by atoms with Gasteiger partial charge in [-0.3, -0.25) is 9.00 Å². The van der Waals surface area contributed by atoms with Gasteiger partial charge in [0, 0.05) is 39.4 Å². The average Bonchev–Trinajstić information content (AvgIpc) is 2.53. The van der Waals surface area contributed by atoms with Crippen LogP contribution in [0.3, 0.4) is 0 Å². The molecule has 1 aliphatic heterocycles. The van der Waals surface area contributed by atoms with Crippen molar-refractivity contribution >= 4 is 34.0 Å². The molecule has 7 heteroatoms. The first-order valence-corrected chi connectivity index (χ1v) is 8.34. The normalized spacial score (nSPS) is 21.9. The molecule has 0 saturated carbocycles. The number of anilines is 1. The highest BCUT2D eigenvalue weighted by Crippen LogP contribution is 2.26. The number of nitrogens with two attached hydrogens (primary N) is 1. The van der Waals surface area contributed by atoms with E-state index in [1.165, 1.54) is 6.07 Å². The Labute approximate surface area is 130 Å². The second kappa shape index (κ2) is 5.93. The minimum absolute atomic E-state index is 0.0606. The third kappa shape index (κ3) is 3.37. The van der Waals surface area contributed by atoms with Gasteiger partial charge >= 0.3 is 0 Å². The van der Waals surface area contributed by atoms with Crippen LogP contribution < -0.4 is 5.73 Å². The van der Waals surface area contributed by atoms with E-state index in [1.54, 1.807) is 4.90 Å². The Balaban J connectivity index is 2.27. The first-order valence-electron chi connectivity index (χ1n) is 6.64. The van der Waals surface area contributed by atoms with Crippen LogP contribution in [0.25, 0.3) is 0 Å². The van der Waals surface area contributed by atoms with Crippen molar-refractivity contribution in [3.63, 3.8) is 0 Å². The van der Waals surface area contributed by atoms with Crippen molar-refractivity contribution in [2.45, 2.75) is 25.0 Å². The van der Waals surface area contributed by atoms with Crippen molar-refractivity contribution < 1.29 is 13.4 Å². The molecule has 1 amide bonds. The zero-order chi connectivity index (χ0) is 15.8. The van der Waals surface area contributed by atoms with Crippen LogP contribution >= 0.6 is 11.6 Å². The molecule has 1 fully saturated rings. The number of carbonyl (C=O) groups excluding carboxylic acids is 1. The summed E-state index contributed by atoms with van der Waals surface area (Å²) < 4.78 is 25.4. The lowest BCUT2D eigenvalue weighted by Crippen LogP contribution is -2.34. The molecule has 1 unspecified atom stereocenters. The molecule has 0 spiro atoms. The summed E-state index contributed by atoms with van der Waals surface area (Å²) in [5, 5.41) is 0.128. The SMILES string of the molecule is CC1(C)CCN(C(=O)c2cc(Cl)cc(F)c2N)CCS1=O. The van der Waals surface area contributed by atoms with Gasteiger partial charge < -0.3 is 10.6 Å². The number of nitrogens with zero attached hydrogens (tertiary/aromatic N) is 1. The van der Waals surface area contributed by atoms with E-state index >= 15 is 0 Å². The Kier molecular flexibility index (Phi) is 4.58. The standard InChI is InChI=1S/C14H18ClFN2O2S/c1-14(2)3-4-18(5-6-21(14)20)13(19)10-7-9(15)8-11(16)12(10)17/h7-8H,3-6,17H2,1-2H3. The lowest BCUT2D eigenvalue weighted by Gasteiger charge is -2.23. The summed E-state index contributed by atoms with van der Waals surface area (Å²) in [7, 11) is -1.00. The Morgan fingerprint density at radius 1 is 1.43 bits per heavy atom. The molecule has 0 aromatic heterocycles. The van der Waals surface area contributed by atoms with Crippen molar-refractivity contribution in [3.05, 3.63) is 28.5 Å². The number of carbonyl (C=O) groups is 1. The van der Waals surface area contributed by atoms with Crippen LogP contribution in [-0.2, 0) is 10.8 Å². The van der Waals surface area contributed by atoms with E-state index in [0.29, 0.717) is 25.3 Å². The van der Waals surface area contributed by atoms with Gasteiger partial charge in [-0.05, 0) is 32.4 Å². The molecule has 0 bridgehead atoms. The molecule has 1 aliphatic rings. The number of rotatable bonds is 1. The molecule has 1 heterocycles. The highest BCUT2D eigenvalue weighted by Gasteiger charge is 2.32. The summed E-state index contributed by atoms with van der Waals surface area (Å²) in [5.74, 6) is -0.671. The van der Waals surface area contributed by atoms with E-state index in [1.807, 2.05) is 13.8 Å². The molecule has 2 N–H and O–H groups in total. The zero-order valence-electron chi connectivity index (χ0n) is 12.0. The second-order valence-electron chi connectivity index (χ2n) is 5.70. The average molecular weight is 333 g/mol. The summed E-state index contributed by atoms with van der Waals surface area (Å²) in [5.41, 5.74) is 5.50. The van der Waals surface area contributed by atoms with Crippen LogP contribution in [-0.4, -0.2) is 38.6 Å². The lowest BCUT2D eigenvalue weighted by molar-refractivity contribution is 0.0765. The van der Waals surface area contributed by atoms with E-state index in [4.69, 9.17) is 17.3 Å². The largest absolute Gasteiger partial charge is 0.396 e. The molecule has 2 rings (SSSR count). The molecule has 4 nitrogen and oxygen atoms in total. The minimum atomic E-state index is -1.00. The maximum Gasteiger partial charge on any atom is 0.256 e. The van der Waals surface area contributed by atoms with Gasteiger partial charge in [-0.15, -0.1) is 0 Å². The van der Waals surface area contributed by atoms with Crippen LogP contribution in [0.1, 0.15) is 30.6 Å². The van der Waals surface area contributed by atoms with E-state index < -0.39 is 16.6 Å². The Hall–Kier alpha value is -1.14. The molecular weight excluding hydrogens is 315 g/mol. The fourth-order valence-corrected chi connectivity index (χ4v) is 3.70. The quantitative estimate of drug-likeness (QED) is 0.803. The Bertz CT molecular complexity index is 607. The predicted molar refractivity (Wildman–Crippen MR) is 83.4 cm³/mol. The van der Waals surface area contributed by atoms with E-state index in [2.05, 4.69) is 0 Å². The maximum absolute atomic E-state index is 13.6. The molecule has 1 saturated heterocycles. The van der Waals surface area contributed by atoms with E-state index in [0.717, 1.165) is 6.07 Å².